The molecule has 144 valence electrons. The van der Waals surface area contributed by atoms with Gasteiger partial charge in [-0.25, -0.2) is 9.37 Å². The number of halogens is 1. The van der Waals surface area contributed by atoms with Crippen LogP contribution < -0.4 is 5.43 Å². The van der Waals surface area contributed by atoms with Crippen molar-refractivity contribution in [1.82, 2.24) is 14.9 Å². The van der Waals surface area contributed by atoms with Crippen molar-refractivity contribution in [1.29, 1.82) is 0 Å². The maximum atomic E-state index is 14.1. The molecule has 1 amide bonds. The number of H-pyrrole nitrogens is 1. The summed E-state index contributed by atoms with van der Waals surface area (Å²) in [5.74, 6) is 0.698. The molecule has 8 heteroatoms. The minimum atomic E-state index is -0.565. The standard InChI is InChI=1S/C20H18FN3O4/c21-13-3-1-2-12-16(25)8-14(22-18(12)13)20(26)24-6-4-17-15(9-24)23-19(28-17)11-5-7-27-10-11/h1-3,8,11H,4-7,9-10H2,(H,22,25). The van der Waals surface area contributed by atoms with Gasteiger partial charge in [-0.15, -0.1) is 0 Å². The molecule has 7 nitrogen and oxygen atoms in total. The number of amides is 1. The number of hydrogen-bond acceptors (Lipinski definition) is 5. The average molecular weight is 383 g/mol. The molecule has 0 aliphatic carbocycles. The second-order valence-electron chi connectivity index (χ2n) is 7.17. The molecule has 1 unspecified atom stereocenters. The van der Waals surface area contributed by atoms with Gasteiger partial charge in [-0.1, -0.05) is 6.07 Å². The molecular formula is C20H18FN3O4. The Morgan fingerprint density at radius 3 is 3.07 bits per heavy atom. The van der Waals surface area contributed by atoms with Crippen LogP contribution in [0.1, 0.15) is 40.2 Å². The number of fused-ring (bicyclic) bond motifs is 2. The smallest absolute Gasteiger partial charge is 0.270 e. The molecule has 0 radical (unpaired) electrons. The molecule has 2 aliphatic rings. The summed E-state index contributed by atoms with van der Waals surface area (Å²) in [6, 6.07) is 5.48. The summed E-state index contributed by atoms with van der Waals surface area (Å²) < 4.78 is 25.3. The fourth-order valence-electron chi connectivity index (χ4n) is 3.82. The van der Waals surface area contributed by atoms with E-state index in [-0.39, 0.29) is 33.9 Å². The molecule has 28 heavy (non-hydrogen) atoms. The molecule has 1 atom stereocenters. The lowest BCUT2D eigenvalue weighted by Crippen LogP contribution is -2.36. The summed E-state index contributed by atoms with van der Waals surface area (Å²) >= 11 is 0. The highest BCUT2D eigenvalue weighted by Crippen LogP contribution is 2.29. The molecule has 0 bridgehead atoms. The zero-order chi connectivity index (χ0) is 19.3. The number of hydrogen-bond donors (Lipinski definition) is 1. The third-order valence-electron chi connectivity index (χ3n) is 5.35. The van der Waals surface area contributed by atoms with Gasteiger partial charge in [0.05, 0.1) is 24.6 Å². The van der Waals surface area contributed by atoms with E-state index in [9.17, 15) is 14.0 Å². The van der Waals surface area contributed by atoms with E-state index in [1.54, 1.807) is 4.90 Å². The van der Waals surface area contributed by atoms with Crippen LogP contribution in [0.25, 0.3) is 10.9 Å². The van der Waals surface area contributed by atoms with E-state index >= 15 is 0 Å². The van der Waals surface area contributed by atoms with Crippen LogP contribution in [0.2, 0.25) is 0 Å². The Labute approximate surface area is 159 Å². The second-order valence-corrected chi connectivity index (χ2v) is 7.17. The Hall–Kier alpha value is -3.00. The molecule has 1 N–H and O–H groups in total. The monoisotopic (exact) mass is 383 g/mol. The van der Waals surface area contributed by atoms with Gasteiger partial charge in [-0.3, -0.25) is 9.59 Å². The molecule has 2 aromatic heterocycles. The molecule has 0 spiro atoms. The Morgan fingerprint density at radius 2 is 2.25 bits per heavy atom. The van der Waals surface area contributed by atoms with Gasteiger partial charge < -0.3 is 19.0 Å². The fourth-order valence-corrected chi connectivity index (χ4v) is 3.82. The van der Waals surface area contributed by atoms with Crippen LogP contribution in [0, 0.1) is 5.82 Å². The highest BCUT2D eigenvalue weighted by Gasteiger charge is 2.30. The highest BCUT2D eigenvalue weighted by molar-refractivity contribution is 5.95. The number of aromatic amines is 1. The van der Waals surface area contributed by atoms with Gasteiger partial charge in [-0.2, -0.15) is 0 Å². The molecule has 3 aromatic rings. The first-order chi connectivity index (χ1) is 13.6. The number of aromatic nitrogens is 2. The first-order valence-electron chi connectivity index (χ1n) is 9.27. The molecule has 1 fully saturated rings. The van der Waals surface area contributed by atoms with Crippen molar-refractivity contribution >= 4 is 16.8 Å². The zero-order valence-electron chi connectivity index (χ0n) is 15.0. The van der Waals surface area contributed by atoms with E-state index in [4.69, 9.17) is 9.15 Å². The molecule has 2 aliphatic heterocycles. The molecule has 1 aromatic carbocycles. The maximum Gasteiger partial charge on any atom is 0.270 e. The molecule has 0 saturated carbocycles. The number of nitrogens with zero attached hydrogens (tertiary/aromatic N) is 2. The first kappa shape index (κ1) is 17.1. The van der Waals surface area contributed by atoms with Crippen LogP contribution >= 0.6 is 0 Å². The Morgan fingerprint density at radius 1 is 1.36 bits per heavy atom. The van der Waals surface area contributed by atoms with Gasteiger partial charge >= 0.3 is 0 Å². The van der Waals surface area contributed by atoms with Gasteiger partial charge in [0.25, 0.3) is 5.91 Å². The van der Waals surface area contributed by atoms with Gasteiger partial charge in [0.2, 0.25) is 0 Å². The lowest BCUT2D eigenvalue weighted by atomic mass is 10.1. The van der Waals surface area contributed by atoms with E-state index in [0.29, 0.717) is 38.6 Å². The van der Waals surface area contributed by atoms with Crippen molar-refractivity contribution in [2.75, 3.05) is 19.8 Å². The third-order valence-corrected chi connectivity index (χ3v) is 5.35. The topological polar surface area (TPSA) is 88.4 Å². The number of nitrogens with one attached hydrogen (secondary N) is 1. The summed E-state index contributed by atoms with van der Waals surface area (Å²) in [5, 5.41) is 0.220. The normalized spacial score (nSPS) is 19.2. The lowest BCUT2D eigenvalue weighted by Gasteiger charge is -2.25. The SMILES string of the molecule is O=C(c1cc(=O)c2cccc(F)c2[nH]1)N1CCc2oc(C3CCOC3)nc2C1. The third kappa shape index (κ3) is 2.80. The van der Waals surface area contributed by atoms with E-state index in [1.165, 1.54) is 24.3 Å². The minimum absolute atomic E-state index is 0.0426. The minimum Gasteiger partial charge on any atom is -0.445 e. The number of ether oxygens (including phenoxy) is 1. The maximum absolute atomic E-state index is 14.1. The van der Waals surface area contributed by atoms with E-state index in [2.05, 4.69) is 9.97 Å². The van der Waals surface area contributed by atoms with Crippen LogP contribution in [0.5, 0.6) is 0 Å². The van der Waals surface area contributed by atoms with Crippen LogP contribution in [-0.2, 0) is 17.7 Å². The number of rotatable bonds is 2. The Kier molecular flexibility index (Phi) is 4.01. The van der Waals surface area contributed by atoms with Crippen molar-refractivity contribution in [2.24, 2.45) is 0 Å². The molecular weight excluding hydrogens is 365 g/mol. The number of carbonyl (C=O) groups excluding carboxylic acids is 1. The predicted octanol–water partition coefficient (Wildman–Crippen LogP) is 2.36. The second kappa shape index (κ2) is 6.56. The number of oxazole rings is 1. The van der Waals surface area contributed by atoms with Crippen molar-refractivity contribution in [3.8, 4) is 0 Å². The van der Waals surface area contributed by atoms with Gasteiger partial charge in [-0.05, 0) is 18.6 Å². The molecule has 4 heterocycles. The van der Waals surface area contributed by atoms with Crippen LogP contribution in [0.4, 0.5) is 4.39 Å². The van der Waals surface area contributed by atoms with Crippen LogP contribution in [0.3, 0.4) is 0 Å². The van der Waals surface area contributed by atoms with E-state index in [0.717, 1.165) is 17.9 Å². The van der Waals surface area contributed by atoms with Crippen molar-refractivity contribution in [3.63, 3.8) is 0 Å². The molecule has 5 rings (SSSR count). The number of benzene rings is 1. The van der Waals surface area contributed by atoms with E-state index in [1.807, 2.05) is 0 Å². The average Bonchev–Trinajstić information content (AvgIpc) is 3.37. The zero-order valence-corrected chi connectivity index (χ0v) is 15.0. The first-order valence-corrected chi connectivity index (χ1v) is 9.27. The molecule has 1 saturated heterocycles. The Balaban J connectivity index is 1.43. The van der Waals surface area contributed by atoms with E-state index < -0.39 is 5.82 Å². The summed E-state index contributed by atoms with van der Waals surface area (Å²) in [4.78, 5) is 34.2. The van der Waals surface area contributed by atoms with Gasteiger partial charge in [0.15, 0.2) is 11.3 Å². The summed E-state index contributed by atoms with van der Waals surface area (Å²) in [7, 11) is 0. The van der Waals surface area contributed by atoms with Crippen molar-refractivity contribution in [3.05, 3.63) is 63.3 Å². The highest BCUT2D eigenvalue weighted by atomic mass is 19.1. The van der Waals surface area contributed by atoms with Crippen molar-refractivity contribution < 1.29 is 18.3 Å². The summed E-state index contributed by atoms with van der Waals surface area (Å²) in [5.41, 5.74) is 0.454. The predicted molar refractivity (Wildman–Crippen MR) is 97.7 cm³/mol. The quantitative estimate of drug-likeness (QED) is 0.734. The summed E-state index contributed by atoms with van der Waals surface area (Å²) in [6.07, 6.45) is 1.43. The van der Waals surface area contributed by atoms with Gasteiger partial charge in [0, 0.05) is 31.0 Å². The van der Waals surface area contributed by atoms with Crippen LogP contribution in [-0.4, -0.2) is 40.5 Å². The van der Waals surface area contributed by atoms with Crippen LogP contribution in [0.15, 0.2) is 33.5 Å². The Bertz CT molecular complexity index is 1130. The fraction of sp³-hybridized carbons (Fsp3) is 0.350. The number of pyridine rings is 1. The number of carbonyl (C=O) groups is 1. The lowest BCUT2D eigenvalue weighted by molar-refractivity contribution is 0.0722. The van der Waals surface area contributed by atoms with Crippen molar-refractivity contribution in [2.45, 2.75) is 25.3 Å². The van der Waals surface area contributed by atoms with Gasteiger partial charge in [0.1, 0.15) is 23.0 Å². The number of para-hydroxylation sites is 1. The summed E-state index contributed by atoms with van der Waals surface area (Å²) in [6.45, 7) is 2.04. The largest absolute Gasteiger partial charge is 0.445 e.